The zero-order chi connectivity index (χ0) is 23.2. The van der Waals surface area contributed by atoms with E-state index in [2.05, 4.69) is 15.1 Å². The lowest BCUT2D eigenvalue weighted by Gasteiger charge is -2.40. The minimum Gasteiger partial charge on any atom is -0.377 e. The third-order valence-electron chi connectivity index (χ3n) is 5.64. The van der Waals surface area contributed by atoms with Crippen LogP contribution in [0, 0.1) is 5.82 Å². The molecule has 2 aliphatic heterocycles. The Balaban J connectivity index is 1.80. The first-order valence-corrected chi connectivity index (χ1v) is 10.4. The second kappa shape index (κ2) is 8.34. The minimum absolute atomic E-state index is 0.0243. The molecule has 1 unspecified atom stereocenters. The summed E-state index contributed by atoms with van der Waals surface area (Å²) in [5.74, 6) is -1.43. The SMILES string of the molecule is CC(C)c1nc(CN2c3nc(N4CCOCC4C)c(F)c(=O)n3CC[C@H]2C(F)(F)F)no1. The summed E-state index contributed by atoms with van der Waals surface area (Å²) >= 11 is 0. The van der Waals surface area contributed by atoms with Gasteiger partial charge in [0.1, 0.15) is 6.04 Å². The number of hydrogen-bond acceptors (Lipinski definition) is 8. The van der Waals surface area contributed by atoms with Gasteiger partial charge in [-0.1, -0.05) is 19.0 Å². The van der Waals surface area contributed by atoms with Gasteiger partial charge in [0.25, 0.3) is 5.56 Å². The zero-order valence-corrected chi connectivity index (χ0v) is 17.9. The molecule has 4 rings (SSSR count). The van der Waals surface area contributed by atoms with Crippen molar-refractivity contribution in [3.8, 4) is 0 Å². The van der Waals surface area contributed by atoms with Crippen LogP contribution in [0.15, 0.2) is 9.32 Å². The van der Waals surface area contributed by atoms with E-state index in [1.165, 1.54) is 0 Å². The van der Waals surface area contributed by atoms with E-state index in [1.807, 2.05) is 13.8 Å². The van der Waals surface area contributed by atoms with E-state index in [4.69, 9.17) is 9.26 Å². The molecule has 0 amide bonds. The van der Waals surface area contributed by atoms with Crippen molar-refractivity contribution in [2.75, 3.05) is 29.6 Å². The van der Waals surface area contributed by atoms with E-state index in [9.17, 15) is 22.4 Å². The quantitative estimate of drug-likeness (QED) is 0.643. The zero-order valence-electron chi connectivity index (χ0n) is 17.9. The number of morpholine rings is 1. The van der Waals surface area contributed by atoms with E-state index >= 15 is 0 Å². The highest BCUT2D eigenvalue weighted by Crippen LogP contribution is 2.36. The molecule has 1 fully saturated rings. The second-order valence-electron chi connectivity index (χ2n) is 8.30. The molecule has 2 aromatic heterocycles. The summed E-state index contributed by atoms with van der Waals surface area (Å²) < 4.78 is 68.0. The van der Waals surface area contributed by atoms with Crippen molar-refractivity contribution in [3.63, 3.8) is 0 Å². The lowest BCUT2D eigenvalue weighted by Crippen LogP contribution is -2.53. The van der Waals surface area contributed by atoms with Gasteiger partial charge >= 0.3 is 6.18 Å². The normalized spacial score (nSPS) is 21.9. The molecular weight excluding hydrogens is 436 g/mol. The molecule has 0 saturated carbocycles. The molecule has 176 valence electrons. The molecular formula is C19H24F4N6O3. The molecule has 1 saturated heterocycles. The number of alkyl halides is 3. The Labute approximate surface area is 181 Å². The molecule has 2 aliphatic rings. The fourth-order valence-electron chi connectivity index (χ4n) is 3.95. The highest BCUT2D eigenvalue weighted by atomic mass is 19.4. The van der Waals surface area contributed by atoms with Crippen molar-refractivity contribution in [2.24, 2.45) is 0 Å². The van der Waals surface area contributed by atoms with E-state index in [0.29, 0.717) is 6.61 Å². The van der Waals surface area contributed by atoms with Crippen molar-refractivity contribution in [2.45, 2.75) is 64.5 Å². The molecule has 0 aliphatic carbocycles. The maximum atomic E-state index is 15.0. The van der Waals surface area contributed by atoms with Gasteiger partial charge in [-0.15, -0.1) is 0 Å². The minimum atomic E-state index is -4.60. The molecule has 0 N–H and O–H groups in total. The first-order chi connectivity index (χ1) is 15.1. The predicted molar refractivity (Wildman–Crippen MR) is 105 cm³/mol. The summed E-state index contributed by atoms with van der Waals surface area (Å²) in [5, 5.41) is 3.77. The number of fused-ring (bicyclic) bond motifs is 1. The molecule has 0 aromatic carbocycles. The molecule has 0 bridgehead atoms. The first kappa shape index (κ1) is 22.5. The van der Waals surface area contributed by atoms with Gasteiger partial charge in [0.2, 0.25) is 17.7 Å². The summed E-state index contributed by atoms with van der Waals surface area (Å²) in [5.41, 5.74) is -1.01. The molecule has 0 spiro atoms. The van der Waals surface area contributed by atoms with Crippen molar-refractivity contribution < 1.29 is 26.8 Å². The van der Waals surface area contributed by atoms with E-state index in [-0.39, 0.29) is 55.1 Å². The summed E-state index contributed by atoms with van der Waals surface area (Å²) in [4.78, 5) is 23.6. The van der Waals surface area contributed by atoms with Gasteiger partial charge in [-0.05, 0) is 13.3 Å². The van der Waals surface area contributed by atoms with Crippen LogP contribution in [-0.4, -0.2) is 57.7 Å². The Morgan fingerprint density at radius 3 is 2.59 bits per heavy atom. The fourth-order valence-corrected chi connectivity index (χ4v) is 3.95. The van der Waals surface area contributed by atoms with Gasteiger partial charge in [-0.2, -0.15) is 27.5 Å². The fraction of sp³-hybridized carbons (Fsp3) is 0.684. The average molecular weight is 460 g/mol. The monoisotopic (exact) mass is 460 g/mol. The maximum absolute atomic E-state index is 15.0. The Morgan fingerprint density at radius 2 is 1.97 bits per heavy atom. The number of rotatable bonds is 4. The molecule has 9 nitrogen and oxygen atoms in total. The van der Waals surface area contributed by atoms with Crippen LogP contribution >= 0.6 is 0 Å². The summed E-state index contributed by atoms with van der Waals surface area (Å²) in [6, 6.07) is -2.23. The van der Waals surface area contributed by atoms with Gasteiger partial charge in [-0.3, -0.25) is 9.36 Å². The molecule has 4 heterocycles. The number of nitrogens with zero attached hydrogens (tertiary/aromatic N) is 6. The molecule has 2 aromatic rings. The standard InChI is InChI=1S/C19H24F4N6O3/c1-10(2)16-24-13(26-32-16)8-29-12(19(21,22)23)4-5-28-17(30)14(20)15(25-18(28)29)27-6-7-31-9-11(27)3/h10-12H,4-9H2,1-3H3/t11?,12-/m0/s1. The average Bonchev–Trinajstić information content (AvgIpc) is 3.20. The lowest BCUT2D eigenvalue weighted by atomic mass is 10.1. The summed E-state index contributed by atoms with van der Waals surface area (Å²) in [6.07, 6.45) is -5.03. The Morgan fingerprint density at radius 1 is 1.22 bits per heavy atom. The van der Waals surface area contributed by atoms with Crippen LogP contribution in [0.1, 0.15) is 44.8 Å². The van der Waals surface area contributed by atoms with Crippen LogP contribution in [0.25, 0.3) is 0 Å². The van der Waals surface area contributed by atoms with Crippen molar-refractivity contribution >= 4 is 11.8 Å². The predicted octanol–water partition coefficient (Wildman–Crippen LogP) is 2.46. The molecule has 13 heteroatoms. The summed E-state index contributed by atoms with van der Waals surface area (Å²) in [6.45, 7) is 5.53. The van der Waals surface area contributed by atoms with Gasteiger partial charge in [0.05, 0.1) is 25.8 Å². The number of anilines is 2. The van der Waals surface area contributed by atoms with Gasteiger partial charge in [0, 0.05) is 19.0 Å². The molecule has 0 radical (unpaired) electrons. The summed E-state index contributed by atoms with van der Waals surface area (Å²) in [7, 11) is 0. The topological polar surface area (TPSA) is 89.5 Å². The smallest absolute Gasteiger partial charge is 0.377 e. The Kier molecular flexibility index (Phi) is 5.86. The van der Waals surface area contributed by atoms with Crippen LogP contribution in [0.4, 0.5) is 29.3 Å². The van der Waals surface area contributed by atoms with Gasteiger partial charge in [-0.25, -0.2) is 0 Å². The van der Waals surface area contributed by atoms with Gasteiger partial charge in [0.15, 0.2) is 11.6 Å². The van der Waals surface area contributed by atoms with Crippen LogP contribution in [0.2, 0.25) is 0 Å². The van der Waals surface area contributed by atoms with Crippen molar-refractivity contribution in [1.82, 2.24) is 19.7 Å². The van der Waals surface area contributed by atoms with E-state index < -0.39 is 36.6 Å². The van der Waals surface area contributed by atoms with Crippen LogP contribution < -0.4 is 15.4 Å². The number of halogens is 4. The second-order valence-corrected chi connectivity index (χ2v) is 8.30. The van der Waals surface area contributed by atoms with Gasteiger partial charge < -0.3 is 19.1 Å². The number of aromatic nitrogens is 4. The number of hydrogen-bond donors (Lipinski definition) is 0. The highest BCUT2D eigenvalue weighted by Gasteiger charge is 2.48. The molecule has 32 heavy (non-hydrogen) atoms. The highest BCUT2D eigenvalue weighted by molar-refractivity contribution is 5.48. The van der Waals surface area contributed by atoms with Crippen molar-refractivity contribution in [3.05, 3.63) is 27.9 Å². The van der Waals surface area contributed by atoms with Crippen molar-refractivity contribution in [1.29, 1.82) is 0 Å². The van der Waals surface area contributed by atoms with Crippen LogP contribution in [0.3, 0.4) is 0 Å². The lowest BCUT2D eigenvalue weighted by molar-refractivity contribution is -0.153. The largest absolute Gasteiger partial charge is 0.408 e. The van der Waals surface area contributed by atoms with E-state index in [1.54, 1.807) is 11.8 Å². The first-order valence-electron chi connectivity index (χ1n) is 10.4. The third kappa shape index (κ3) is 4.05. The van der Waals surface area contributed by atoms with Crippen LogP contribution in [0.5, 0.6) is 0 Å². The number of ether oxygens (including phenoxy) is 1. The molecule has 2 atom stereocenters. The Hall–Kier alpha value is -2.70. The third-order valence-corrected chi connectivity index (χ3v) is 5.64. The maximum Gasteiger partial charge on any atom is 0.408 e. The Bertz CT molecular complexity index is 1040. The van der Waals surface area contributed by atoms with Crippen LogP contribution in [-0.2, 0) is 17.8 Å². The van der Waals surface area contributed by atoms with E-state index in [0.717, 1.165) is 9.47 Å².